The van der Waals surface area contributed by atoms with E-state index < -0.39 is 6.09 Å². The predicted octanol–water partition coefficient (Wildman–Crippen LogP) is 2.38. The first-order valence-corrected chi connectivity index (χ1v) is 10.6. The highest BCUT2D eigenvalue weighted by Gasteiger charge is 2.17. The van der Waals surface area contributed by atoms with Crippen LogP contribution in [0.4, 0.5) is 10.7 Å². The molecule has 3 aromatic heterocycles. The number of hydrogen-bond acceptors (Lipinski definition) is 10. The van der Waals surface area contributed by atoms with Gasteiger partial charge in [-0.15, -0.1) is 5.10 Å². The van der Waals surface area contributed by atoms with Crippen LogP contribution in [0.15, 0.2) is 42.9 Å². The molecule has 0 atom stereocenters. The Morgan fingerprint density at radius 3 is 2.82 bits per heavy atom. The molecule has 0 saturated heterocycles. The van der Waals surface area contributed by atoms with Gasteiger partial charge in [0.2, 0.25) is 11.8 Å². The predicted molar refractivity (Wildman–Crippen MR) is 124 cm³/mol. The van der Waals surface area contributed by atoms with Crippen LogP contribution in [-0.2, 0) is 4.74 Å². The lowest BCUT2D eigenvalue weighted by atomic mass is 10.2. The van der Waals surface area contributed by atoms with Crippen LogP contribution in [0.2, 0.25) is 0 Å². The maximum absolute atomic E-state index is 11.4. The Balaban J connectivity index is 1.60. The van der Waals surface area contributed by atoms with Gasteiger partial charge in [-0.05, 0) is 31.5 Å². The molecular weight excluding hydrogens is 440 g/mol. The molecule has 3 N–H and O–H groups in total. The number of hydrogen-bond donors (Lipinski definition) is 2. The summed E-state index contributed by atoms with van der Waals surface area (Å²) in [5.74, 6) is 1.98. The van der Waals surface area contributed by atoms with Gasteiger partial charge in [0.25, 0.3) is 0 Å². The third-order valence-corrected chi connectivity index (χ3v) is 4.75. The monoisotopic (exact) mass is 464 g/mol. The van der Waals surface area contributed by atoms with Gasteiger partial charge in [0.05, 0.1) is 25.8 Å². The number of nitrogens with two attached hydrogens (primary N) is 1. The number of nitrogen functional groups attached to an aromatic ring is 1. The molecule has 4 aromatic rings. The Bertz CT molecular complexity index is 1280. The highest BCUT2D eigenvalue weighted by atomic mass is 16.5. The van der Waals surface area contributed by atoms with Gasteiger partial charge >= 0.3 is 6.09 Å². The minimum Gasteiger partial charge on any atom is -0.493 e. The first-order chi connectivity index (χ1) is 16.6. The second-order valence-electron chi connectivity index (χ2n) is 6.99. The zero-order chi connectivity index (χ0) is 23.9. The van der Waals surface area contributed by atoms with Crippen LogP contribution >= 0.6 is 0 Å². The molecule has 0 aliphatic heterocycles. The number of carbonyl (C=O) groups is 1. The number of ether oxygens (including phenoxy) is 3. The number of fused-ring (bicyclic) bond motifs is 1. The van der Waals surface area contributed by atoms with E-state index in [-0.39, 0.29) is 5.95 Å². The molecule has 1 aromatic carbocycles. The summed E-state index contributed by atoms with van der Waals surface area (Å²) in [5.41, 5.74) is 7.37. The molecule has 12 heteroatoms. The molecule has 0 fully saturated rings. The lowest BCUT2D eigenvalue weighted by Crippen LogP contribution is -2.26. The third-order valence-electron chi connectivity index (χ3n) is 4.75. The van der Waals surface area contributed by atoms with Crippen molar-refractivity contribution in [1.82, 2.24) is 35.0 Å². The van der Waals surface area contributed by atoms with E-state index in [0.717, 1.165) is 0 Å². The standard InChI is InChI=1S/C22H24N8O4/c1-3-33-22(31)25-9-6-10-34-18-11-14-16(12-17(18)32-2)26-13-27-20(14)30-21(23)28-19(29-30)15-7-4-5-8-24-15/h4-5,7-8,11-13H,3,6,9-10H2,1-2H3,(H,25,31)(H2,23,28,29). The second-order valence-corrected chi connectivity index (χ2v) is 6.99. The molecule has 0 spiro atoms. The van der Waals surface area contributed by atoms with Crippen molar-refractivity contribution >= 4 is 22.9 Å². The minimum atomic E-state index is -0.455. The van der Waals surface area contributed by atoms with Crippen molar-refractivity contribution in [2.75, 3.05) is 32.6 Å². The van der Waals surface area contributed by atoms with Crippen molar-refractivity contribution in [1.29, 1.82) is 0 Å². The molecule has 34 heavy (non-hydrogen) atoms. The summed E-state index contributed by atoms with van der Waals surface area (Å²) in [6.07, 6.45) is 3.19. The molecule has 12 nitrogen and oxygen atoms in total. The molecule has 0 saturated carbocycles. The fourth-order valence-electron chi connectivity index (χ4n) is 3.20. The van der Waals surface area contributed by atoms with Gasteiger partial charge in [0, 0.05) is 24.2 Å². The SMILES string of the molecule is CCOC(=O)NCCCOc1cc2c(-n3nc(-c4ccccn4)nc3N)ncnc2cc1OC. The van der Waals surface area contributed by atoms with Gasteiger partial charge in [-0.2, -0.15) is 9.67 Å². The Morgan fingerprint density at radius 1 is 1.18 bits per heavy atom. The normalized spacial score (nSPS) is 10.8. The van der Waals surface area contributed by atoms with Crippen molar-refractivity contribution in [3.05, 3.63) is 42.9 Å². The number of alkyl carbamates (subject to hydrolysis) is 1. The molecule has 0 unspecified atom stereocenters. The lowest BCUT2D eigenvalue weighted by molar-refractivity contribution is 0.151. The minimum absolute atomic E-state index is 0.156. The third kappa shape index (κ3) is 4.95. The van der Waals surface area contributed by atoms with Crippen molar-refractivity contribution in [2.45, 2.75) is 13.3 Å². The number of anilines is 1. The number of amides is 1. The zero-order valence-corrected chi connectivity index (χ0v) is 18.8. The fourth-order valence-corrected chi connectivity index (χ4v) is 3.20. The Kier molecular flexibility index (Phi) is 6.96. The van der Waals surface area contributed by atoms with Gasteiger partial charge in [0.1, 0.15) is 12.0 Å². The first kappa shape index (κ1) is 22.7. The number of methoxy groups -OCH3 is 1. The summed E-state index contributed by atoms with van der Waals surface area (Å²) in [5, 5.41) is 7.79. The van der Waals surface area contributed by atoms with E-state index in [4.69, 9.17) is 19.9 Å². The zero-order valence-electron chi connectivity index (χ0n) is 18.8. The summed E-state index contributed by atoms with van der Waals surface area (Å²) < 4.78 is 17.7. The maximum atomic E-state index is 11.4. The highest BCUT2D eigenvalue weighted by molar-refractivity contribution is 5.88. The highest BCUT2D eigenvalue weighted by Crippen LogP contribution is 2.34. The van der Waals surface area contributed by atoms with E-state index >= 15 is 0 Å². The molecular formula is C22H24N8O4. The van der Waals surface area contributed by atoms with Gasteiger partial charge < -0.3 is 25.3 Å². The van der Waals surface area contributed by atoms with Crippen LogP contribution in [0.3, 0.4) is 0 Å². The fraction of sp³-hybridized carbons (Fsp3) is 0.273. The Morgan fingerprint density at radius 2 is 2.06 bits per heavy atom. The van der Waals surface area contributed by atoms with Gasteiger partial charge in [0.15, 0.2) is 17.3 Å². The van der Waals surface area contributed by atoms with Crippen LogP contribution in [0.1, 0.15) is 13.3 Å². The van der Waals surface area contributed by atoms with E-state index in [2.05, 4.69) is 30.4 Å². The molecule has 1 amide bonds. The Hall–Kier alpha value is -4.48. The second kappa shape index (κ2) is 10.4. The quantitative estimate of drug-likeness (QED) is 0.353. The summed E-state index contributed by atoms with van der Waals surface area (Å²) in [7, 11) is 1.55. The summed E-state index contributed by atoms with van der Waals surface area (Å²) >= 11 is 0. The average molecular weight is 464 g/mol. The summed E-state index contributed by atoms with van der Waals surface area (Å²) in [6, 6.07) is 8.97. The molecule has 0 aliphatic rings. The van der Waals surface area contributed by atoms with Crippen LogP contribution < -0.4 is 20.5 Å². The maximum Gasteiger partial charge on any atom is 0.407 e. The van der Waals surface area contributed by atoms with Crippen molar-refractivity contribution < 1.29 is 19.0 Å². The van der Waals surface area contributed by atoms with E-state index in [9.17, 15) is 4.79 Å². The smallest absolute Gasteiger partial charge is 0.407 e. The van der Waals surface area contributed by atoms with E-state index in [1.165, 1.54) is 11.0 Å². The number of aromatic nitrogens is 6. The van der Waals surface area contributed by atoms with Crippen molar-refractivity contribution in [2.24, 2.45) is 0 Å². The molecule has 4 rings (SSSR count). The van der Waals surface area contributed by atoms with Crippen molar-refractivity contribution in [3.63, 3.8) is 0 Å². The topological polar surface area (TPSA) is 152 Å². The summed E-state index contributed by atoms with van der Waals surface area (Å²) in [4.78, 5) is 28.7. The molecule has 176 valence electrons. The molecule has 0 radical (unpaired) electrons. The number of nitrogens with zero attached hydrogens (tertiary/aromatic N) is 6. The largest absolute Gasteiger partial charge is 0.493 e. The van der Waals surface area contributed by atoms with Crippen LogP contribution in [0, 0.1) is 0 Å². The number of rotatable bonds is 9. The van der Waals surface area contributed by atoms with E-state index in [0.29, 0.717) is 65.9 Å². The van der Waals surface area contributed by atoms with Gasteiger partial charge in [-0.1, -0.05) is 6.07 Å². The van der Waals surface area contributed by atoms with Crippen molar-refractivity contribution in [3.8, 4) is 28.8 Å². The van der Waals surface area contributed by atoms with Gasteiger partial charge in [-0.3, -0.25) is 4.98 Å². The average Bonchev–Trinajstić information content (AvgIpc) is 3.25. The van der Waals surface area contributed by atoms with Gasteiger partial charge in [-0.25, -0.2) is 14.8 Å². The van der Waals surface area contributed by atoms with Crippen LogP contribution in [-0.4, -0.2) is 62.7 Å². The lowest BCUT2D eigenvalue weighted by Gasteiger charge is -2.13. The molecule has 3 heterocycles. The van der Waals surface area contributed by atoms with Crippen LogP contribution in [0.5, 0.6) is 11.5 Å². The van der Waals surface area contributed by atoms with Crippen LogP contribution in [0.25, 0.3) is 28.2 Å². The number of nitrogens with one attached hydrogen (secondary N) is 1. The number of pyridine rings is 1. The molecule has 0 bridgehead atoms. The summed E-state index contributed by atoms with van der Waals surface area (Å²) in [6.45, 7) is 2.82. The number of benzene rings is 1. The Labute approximate surface area is 195 Å². The van der Waals surface area contributed by atoms with E-state index in [1.54, 1.807) is 38.4 Å². The number of carbonyl (C=O) groups excluding carboxylic acids is 1. The molecule has 0 aliphatic carbocycles. The van der Waals surface area contributed by atoms with E-state index in [1.807, 2.05) is 12.1 Å². The first-order valence-electron chi connectivity index (χ1n) is 10.6.